The lowest BCUT2D eigenvalue weighted by molar-refractivity contribution is -0.665. The summed E-state index contributed by atoms with van der Waals surface area (Å²) in [7, 11) is 0. The van der Waals surface area contributed by atoms with E-state index in [4.69, 9.17) is 4.74 Å². The number of nitro benzene ring substituents is 2. The minimum Gasteiger partial charge on any atom is -0.456 e. The van der Waals surface area contributed by atoms with Gasteiger partial charge in [0.25, 0.3) is 11.4 Å². The first-order valence-electron chi connectivity index (χ1n) is 8.12. The minimum atomic E-state index is -0.786. The van der Waals surface area contributed by atoms with Crippen molar-refractivity contribution >= 4 is 17.3 Å². The van der Waals surface area contributed by atoms with E-state index in [0.717, 1.165) is 38.1 Å². The molecular formula is C16H22N3O6+. The zero-order valence-electron chi connectivity index (χ0n) is 14.5. The number of esters is 1. The Bertz CT molecular complexity index is 675. The number of nitro groups is 2. The average Bonchev–Trinajstić information content (AvgIpc) is 2.54. The van der Waals surface area contributed by atoms with Crippen molar-refractivity contribution in [3.8, 4) is 0 Å². The molecule has 0 spiro atoms. The number of nitrogens with zero attached hydrogens (tertiary/aromatic N) is 2. The molecule has 0 bridgehead atoms. The summed E-state index contributed by atoms with van der Waals surface area (Å²) in [6, 6.07) is 2.07. The molecule has 2 rings (SSSR count). The maximum atomic E-state index is 12.5. The van der Waals surface area contributed by atoms with Crippen LogP contribution in [0.5, 0.6) is 0 Å². The average molecular weight is 352 g/mol. The van der Waals surface area contributed by atoms with E-state index in [2.05, 4.69) is 5.32 Å². The van der Waals surface area contributed by atoms with Gasteiger partial charge in [0.2, 0.25) is 0 Å². The molecule has 1 saturated heterocycles. The van der Waals surface area contributed by atoms with Crippen LogP contribution in [0.3, 0.4) is 0 Å². The number of benzene rings is 1. The van der Waals surface area contributed by atoms with Crippen LogP contribution in [0.25, 0.3) is 0 Å². The number of rotatable bonds is 5. The molecule has 1 aromatic carbocycles. The molecule has 9 heteroatoms. The third-order valence-electron chi connectivity index (χ3n) is 4.76. The van der Waals surface area contributed by atoms with Crippen molar-refractivity contribution in [2.75, 3.05) is 13.1 Å². The fraction of sp³-hybridized carbons (Fsp3) is 0.562. The zero-order valence-corrected chi connectivity index (χ0v) is 14.5. The number of hydrogen-bond donors (Lipinski definition) is 1. The molecule has 0 radical (unpaired) electrons. The van der Waals surface area contributed by atoms with Crippen LogP contribution in [0.1, 0.15) is 42.6 Å². The summed E-state index contributed by atoms with van der Waals surface area (Å²) >= 11 is 0. The van der Waals surface area contributed by atoms with Gasteiger partial charge in [-0.1, -0.05) is 0 Å². The largest absolute Gasteiger partial charge is 0.456 e. The molecule has 1 aromatic rings. The summed E-state index contributed by atoms with van der Waals surface area (Å²) in [5.74, 6) is -0.609. The molecule has 25 heavy (non-hydrogen) atoms. The number of carbonyl (C=O) groups excluding carboxylic acids is 1. The molecule has 136 valence electrons. The van der Waals surface area contributed by atoms with Crippen molar-refractivity contribution in [3.63, 3.8) is 0 Å². The Hall–Kier alpha value is -2.55. The van der Waals surface area contributed by atoms with Crippen LogP contribution in [0.4, 0.5) is 11.4 Å². The van der Waals surface area contributed by atoms with Gasteiger partial charge in [-0.15, -0.1) is 0 Å². The summed E-state index contributed by atoms with van der Waals surface area (Å²) in [5.41, 5.74) is -1.95. The van der Waals surface area contributed by atoms with Crippen LogP contribution >= 0.6 is 0 Å². The Balaban J connectivity index is 2.32. The minimum absolute atomic E-state index is 0.0892. The van der Waals surface area contributed by atoms with Gasteiger partial charge in [-0.25, -0.2) is 4.79 Å². The molecule has 1 fully saturated rings. The maximum Gasteiger partial charge on any atom is 0.339 e. The molecule has 0 aromatic heterocycles. The molecule has 1 aliphatic rings. The van der Waals surface area contributed by atoms with Crippen molar-refractivity contribution in [2.24, 2.45) is 5.92 Å². The lowest BCUT2D eigenvalue weighted by atomic mass is 9.83. The van der Waals surface area contributed by atoms with E-state index in [1.807, 2.05) is 0 Å². The zero-order chi connectivity index (χ0) is 18.8. The molecule has 0 unspecified atom stereocenters. The number of carbonyl (C=O) groups is 1. The van der Waals surface area contributed by atoms with Crippen LogP contribution in [0.2, 0.25) is 0 Å². The second-order valence-corrected chi connectivity index (χ2v) is 6.79. The molecule has 0 amide bonds. The Kier molecular flexibility index (Phi) is 5.36. The number of ether oxygens (including phenoxy) is 1. The number of hydrogen-bond acceptors (Lipinski definition) is 6. The quantitative estimate of drug-likeness (QED) is 0.488. The van der Waals surface area contributed by atoms with E-state index >= 15 is 0 Å². The van der Waals surface area contributed by atoms with Crippen LogP contribution in [0.15, 0.2) is 12.1 Å². The lowest BCUT2D eigenvalue weighted by Crippen LogP contribution is -2.86. The molecule has 1 aliphatic heterocycles. The highest BCUT2D eigenvalue weighted by Gasteiger charge is 2.36. The van der Waals surface area contributed by atoms with E-state index in [1.165, 1.54) is 6.92 Å². The van der Waals surface area contributed by atoms with Crippen molar-refractivity contribution in [2.45, 2.75) is 39.2 Å². The topological polar surface area (TPSA) is 129 Å². The van der Waals surface area contributed by atoms with Crippen molar-refractivity contribution < 1.29 is 24.7 Å². The Labute approximate surface area is 144 Å². The predicted molar refractivity (Wildman–Crippen MR) is 88.4 cm³/mol. The Morgan fingerprint density at radius 1 is 1.16 bits per heavy atom. The number of nitrogens with two attached hydrogens (primary N) is 1. The Morgan fingerprint density at radius 3 is 2.08 bits per heavy atom. The van der Waals surface area contributed by atoms with Gasteiger partial charge in [0, 0.05) is 30.9 Å². The standard InChI is InChI=1S/C16H21N3O6/c1-10-13(18(21)22)8-11(9-14(10)19(23)24)15(20)25-16(2,3)12-4-6-17-7-5-12/h8-9,12,17H,4-7H2,1-3H3/p+1. The normalized spacial score (nSPS) is 15.6. The van der Waals surface area contributed by atoms with Gasteiger partial charge in [-0.05, 0) is 20.8 Å². The molecular weight excluding hydrogens is 330 g/mol. The van der Waals surface area contributed by atoms with Gasteiger partial charge >= 0.3 is 5.97 Å². The van der Waals surface area contributed by atoms with E-state index in [1.54, 1.807) is 13.8 Å². The molecule has 2 N–H and O–H groups in total. The fourth-order valence-electron chi connectivity index (χ4n) is 3.18. The van der Waals surface area contributed by atoms with Crippen LogP contribution in [-0.4, -0.2) is 34.5 Å². The summed E-state index contributed by atoms with van der Waals surface area (Å²) < 4.78 is 5.57. The molecule has 9 nitrogen and oxygen atoms in total. The first-order valence-corrected chi connectivity index (χ1v) is 8.12. The predicted octanol–water partition coefficient (Wildman–Crippen LogP) is 1.72. The lowest BCUT2D eigenvalue weighted by Gasteiger charge is -2.35. The van der Waals surface area contributed by atoms with Crippen LogP contribution in [0, 0.1) is 33.1 Å². The number of quaternary nitrogens is 1. The summed E-state index contributed by atoms with van der Waals surface area (Å²) in [6.07, 6.45) is 1.79. The van der Waals surface area contributed by atoms with Crippen LogP contribution < -0.4 is 5.32 Å². The van der Waals surface area contributed by atoms with Crippen molar-refractivity contribution in [1.29, 1.82) is 0 Å². The summed E-state index contributed by atoms with van der Waals surface area (Å²) in [5, 5.41) is 24.5. The van der Waals surface area contributed by atoms with Gasteiger partial charge in [0.05, 0.1) is 28.5 Å². The smallest absolute Gasteiger partial charge is 0.339 e. The van der Waals surface area contributed by atoms with Crippen LogP contribution in [-0.2, 0) is 4.74 Å². The first kappa shape index (κ1) is 18.8. The third kappa shape index (κ3) is 4.11. The van der Waals surface area contributed by atoms with Gasteiger partial charge in [-0.3, -0.25) is 20.2 Å². The SMILES string of the molecule is Cc1c([N+](=O)[O-])cc(C(=O)OC(C)(C)C2CC[NH2+]CC2)cc1[N+](=O)[O-]. The second kappa shape index (κ2) is 7.14. The number of piperidine rings is 1. The van der Waals surface area contributed by atoms with E-state index in [-0.39, 0.29) is 17.0 Å². The highest BCUT2D eigenvalue weighted by molar-refractivity contribution is 5.92. The molecule has 0 saturated carbocycles. The van der Waals surface area contributed by atoms with Gasteiger partial charge in [0.1, 0.15) is 11.2 Å². The highest BCUT2D eigenvalue weighted by atomic mass is 16.6. The van der Waals surface area contributed by atoms with E-state index in [9.17, 15) is 25.0 Å². The maximum absolute atomic E-state index is 12.5. The fourth-order valence-corrected chi connectivity index (χ4v) is 3.18. The molecule has 0 aliphatic carbocycles. The first-order chi connectivity index (χ1) is 11.6. The third-order valence-corrected chi connectivity index (χ3v) is 4.76. The molecule has 1 heterocycles. The molecule has 0 atom stereocenters. The summed E-state index contributed by atoms with van der Waals surface area (Å²) in [6.45, 7) is 6.80. The van der Waals surface area contributed by atoms with Gasteiger partial charge in [0.15, 0.2) is 0 Å². The van der Waals surface area contributed by atoms with Gasteiger partial charge < -0.3 is 10.1 Å². The monoisotopic (exact) mass is 352 g/mol. The second-order valence-electron chi connectivity index (χ2n) is 6.79. The van der Waals surface area contributed by atoms with E-state index < -0.39 is 32.8 Å². The Morgan fingerprint density at radius 2 is 1.64 bits per heavy atom. The van der Waals surface area contributed by atoms with Crippen molar-refractivity contribution in [1.82, 2.24) is 0 Å². The van der Waals surface area contributed by atoms with Crippen molar-refractivity contribution in [3.05, 3.63) is 43.5 Å². The van der Waals surface area contributed by atoms with Gasteiger partial charge in [-0.2, -0.15) is 0 Å². The van der Waals surface area contributed by atoms with E-state index in [0.29, 0.717) is 0 Å². The highest BCUT2D eigenvalue weighted by Crippen LogP contribution is 2.32. The summed E-state index contributed by atoms with van der Waals surface area (Å²) in [4.78, 5) is 33.3.